The van der Waals surface area contributed by atoms with Gasteiger partial charge in [-0.25, -0.2) is 8.42 Å². The van der Waals surface area contributed by atoms with Gasteiger partial charge in [0.15, 0.2) is 0 Å². The van der Waals surface area contributed by atoms with E-state index >= 15 is 0 Å². The maximum absolute atomic E-state index is 12.6. The molecule has 4 nitrogen and oxygen atoms in total. The summed E-state index contributed by atoms with van der Waals surface area (Å²) in [4.78, 5) is 0.298. The zero-order valence-electron chi connectivity index (χ0n) is 12.5. The van der Waals surface area contributed by atoms with E-state index in [0.29, 0.717) is 17.1 Å². The fourth-order valence-corrected chi connectivity index (χ4v) is 3.29. The smallest absolute Gasteiger partial charge is 0.264 e. The van der Waals surface area contributed by atoms with Crippen LogP contribution in [0.25, 0.3) is 0 Å². The van der Waals surface area contributed by atoms with Crippen molar-refractivity contribution < 1.29 is 8.42 Å². The molecule has 0 radical (unpaired) electrons. The third-order valence-corrected chi connectivity index (χ3v) is 5.13. The van der Waals surface area contributed by atoms with E-state index in [0.717, 1.165) is 11.1 Å². The van der Waals surface area contributed by atoms with Crippen LogP contribution < -0.4 is 9.62 Å². The van der Waals surface area contributed by atoms with Crippen LogP contribution in [0.5, 0.6) is 0 Å². The van der Waals surface area contributed by atoms with Crippen LogP contribution in [0.2, 0.25) is 0 Å². The maximum atomic E-state index is 12.6. The van der Waals surface area contributed by atoms with Crippen LogP contribution in [-0.4, -0.2) is 22.5 Å². The standard InChI is InChI=1S/C16H20N2O2S/c1-13-5-4-6-15(11-13)18(3)21(19,20)16-9-7-14(8-10-16)12-17-2/h4-11,17H,12H2,1-3H3. The molecule has 0 spiro atoms. The Morgan fingerprint density at radius 1 is 1.10 bits per heavy atom. The second kappa shape index (κ2) is 6.28. The number of benzene rings is 2. The van der Waals surface area contributed by atoms with Crippen LogP contribution >= 0.6 is 0 Å². The number of nitrogens with zero attached hydrogens (tertiary/aromatic N) is 1. The highest BCUT2D eigenvalue weighted by atomic mass is 32.2. The van der Waals surface area contributed by atoms with Crippen molar-refractivity contribution in [2.24, 2.45) is 0 Å². The average molecular weight is 304 g/mol. The quantitative estimate of drug-likeness (QED) is 0.923. The maximum Gasteiger partial charge on any atom is 0.264 e. The van der Waals surface area contributed by atoms with Gasteiger partial charge in [-0.05, 0) is 49.4 Å². The van der Waals surface area contributed by atoms with Crippen molar-refractivity contribution in [3.8, 4) is 0 Å². The fraction of sp³-hybridized carbons (Fsp3) is 0.250. The summed E-state index contributed by atoms with van der Waals surface area (Å²) >= 11 is 0. The minimum atomic E-state index is -3.53. The second-order valence-corrected chi connectivity index (χ2v) is 6.96. The lowest BCUT2D eigenvalue weighted by atomic mass is 10.2. The molecule has 0 atom stereocenters. The lowest BCUT2D eigenvalue weighted by molar-refractivity contribution is 0.594. The molecule has 0 aromatic heterocycles. The first-order valence-electron chi connectivity index (χ1n) is 6.74. The number of aryl methyl sites for hydroxylation is 1. The Morgan fingerprint density at radius 2 is 1.76 bits per heavy atom. The van der Waals surface area contributed by atoms with Crippen LogP contribution in [0.3, 0.4) is 0 Å². The first-order chi connectivity index (χ1) is 9.95. The highest BCUT2D eigenvalue weighted by Gasteiger charge is 2.21. The average Bonchev–Trinajstić information content (AvgIpc) is 2.47. The highest BCUT2D eigenvalue weighted by molar-refractivity contribution is 7.92. The van der Waals surface area contributed by atoms with E-state index in [1.165, 1.54) is 4.31 Å². The van der Waals surface area contributed by atoms with Gasteiger partial charge < -0.3 is 5.32 Å². The molecule has 0 amide bonds. The van der Waals surface area contributed by atoms with Crippen LogP contribution in [-0.2, 0) is 16.6 Å². The number of rotatable bonds is 5. The second-order valence-electron chi connectivity index (χ2n) is 4.99. The minimum absolute atomic E-state index is 0.298. The summed E-state index contributed by atoms with van der Waals surface area (Å²) < 4.78 is 26.6. The van der Waals surface area contributed by atoms with Gasteiger partial charge in [-0.2, -0.15) is 0 Å². The molecule has 2 rings (SSSR count). The summed E-state index contributed by atoms with van der Waals surface area (Å²) in [5.41, 5.74) is 2.74. The summed E-state index contributed by atoms with van der Waals surface area (Å²) in [5, 5.41) is 3.04. The Kier molecular flexibility index (Phi) is 4.65. The van der Waals surface area contributed by atoms with Gasteiger partial charge in [0.1, 0.15) is 0 Å². The number of hydrogen-bond donors (Lipinski definition) is 1. The van der Waals surface area contributed by atoms with Crippen molar-refractivity contribution in [3.05, 3.63) is 59.7 Å². The van der Waals surface area contributed by atoms with Crippen molar-refractivity contribution in [1.82, 2.24) is 5.32 Å². The zero-order chi connectivity index (χ0) is 15.5. The normalized spacial score (nSPS) is 11.4. The number of anilines is 1. The molecule has 2 aromatic carbocycles. The van der Waals surface area contributed by atoms with Gasteiger partial charge >= 0.3 is 0 Å². The summed E-state index contributed by atoms with van der Waals surface area (Å²) in [6, 6.07) is 14.4. The molecule has 0 saturated carbocycles. The van der Waals surface area contributed by atoms with Crippen LogP contribution in [0, 0.1) is 6.92 Å². The Labute approximate surface area is 126 Å². The molecule has 112 valence electrons. The van der Waals surface area contributed by atoms with Gasteiger partial charge in [0.05, 0.1) is 10.6 Å². The zero-order valence-corrected chi connectivity index (χ0v) is 13.3. The first-order valence-corrected chi connectivity index (χ1v) is 8.18. The van der Waals surface area contributed by atoms with Crippen LogP contribution in [0.15, 0.2) is 53.4 Å². The van der Waals surface area contributed by atoms with Crippen molar-refractivity contribution in [2.75, 3.05) is 18.4 Å². The van der Waals surface area contributed by atoms with E-state index < -0.39 is 10.0 Å². The largest absolute Gasteiger partial charge is 0.316 e. The Morgan fingerprint density at radius 3 is 2.33 bits per heavy atom. The first kappa shape index (κ1) is 15.5. The van der Waals surface area contributed by atoms with Gasteiger partial charge in [0.25, 0.3) is 10.0 Å². The van der Waals surface area contributed by atoms with Gasteiger partial charge in [0, 0.05) is 13.6 Å². The molecule has 0 bridgehead atoms. The monoisotopic (exact) mass is 304 g/mol. The summed E-state index contributed by atoms with van der Waals surface area (Å²) in [7, 11) is -0.0952. The summed E-state index contributed by atoms with van der Waals surface area (Å²) in [6.07, 6.45) is 0. The summed E-state index contributed by atoms with van der Waals surface area (Å²) in [6.45, 7) is 2.66. The molecule has 0 aliphatic carbocycles. The topological polar surface area (TPSA) is 49.4 Å². The molecular formula is C16H20N2O2S. The van der Waals surface area contributed by atoms with Crippen LogP contribution in [0.1, 0.15) is 11.1 Å². The van der Waals surface area contributed by atoms with Gasteiger partial charge in [-0.1, -0.05) is 24.3 Å². The predicted octanol–water partition coefficient (Wildman–Crippen LogP) is 2.54. The van der Waals surface area contributed by atoms with Crippen molar-refractivity contribution in [1.29, 1.82) is 0 Å². The van der Waals surface area contributed by atoms with E-state index in [9.17, 15) is 8.42 Å². The predicted molar refractivity (Wildman–Crippen MR) is 86.0 cm³/mol. The SMILES string of the molecule is CNCc1ccc(S(=O)(=O)N(C)c2cccc(C)c2)cc1. The Balaban J connectivity index is 2.32. The molecule has 0 aliphatic rings. The Hall–Kier alpha value is -1.85. The van der Waals surface area contributed by atoms with Crippen LogP contribution in [0.4, 0.5) is 5.69 Å². The van der Waals surface area contributed by atoms with E-state index in [2.05, 4.69) is 5.32 Å². The molecule has 0 heterocycles. The molecule has 0 aliphatic heterocycles. The van der Waals surface area contributed by atoms with E-state index in [1.807, 2.05) is 44.3 Å². The molecule has 0 saturated heterocycles. The highest BCUT2D eigenvalue weighted by Crippen LogP contribution is 2.23. The molecule has 0 fully saturated rings. The summed E-state index contributed by atoms with van der Waals surface area (Å²) in [5.74, 6) is 0. The van der Waals surface area contributed by atoms with Gasteiger partial charge in [-0.15, -0.1) is 0 Å². The fourth-order valence-electron chi connectivity index (χ4n) is 2.10. The molecule has 1 N–H and O–H groups in total. The lowest BCUT2D eigenvalue weighted by Gasteiger charge is -2.20. The molecule has 21 heavy (non-hydrogen) atoms. The van der Waals surface area contributed by atoms with Gasteiger partial charge in [-0.3, -0.25) is 4.31 Å². The van der Waals surface area contributed by atoms with Crippen molar-refractivity contribution in [2.45, 2.75) is 18.4 Å². The number of sulfonamides is 1. The van der Waals surface area contributed by atoms with Gasteiger partial charge in [0.2, 0.25) is 0 Å². The lowest BCUT2D eigenvalue weighted by Crippen LogP contribution is -2.26. The van der Waals surface area contributed by atoms with E-state index in [-0.39, 0.29) is 0 Å². The Bertz CT molecular complexity index is 709. The number of nitrogens with one attached hydrogen (secondary N) is 1. The molecule has 0 unspecified atom stereocenters. The van der Waals surface area contributed by atoms with Crippen molar-refractivity contribution in [3.63, 3.8) is 0 Å². The number of hydrogen-bond acceptors (Lipinski definition) is 3. The third-order valence-electron chi connectivity index (χ3n) is 3.33. The molecule has 5 heteroatoms. The minimum Gasteiger partial charge on any atom is -0.316 e. The molecule has 2 aromatic rings. The molecular weight excluding hydrogens is 284 g/mol. The van der Waals surface area contributed by atoms with Crippen molar-refractivity contribution >= 4 is 15.7 Å². The third kappa shape index (κ3) is 3.43. The van der Waals surface area contributed by atoms with E-state index in [4.69, 9.17) is 0 Å². The van der Waals surface area contributed by atoms with E-state index in [1.54, 1.807) is 25.2 Å².